The minimum atomic E-state index is -1.11. The molecule has 0 aromatic rings. The van der Waals surface area contributed by atoms with Crippen LogP contribution in [-0.4, -0.2) is 42.4 Å². The molecule has 0 fully saturated rings. The van der Waals surface area contributed by atoms with E-state index in [1.165, 1.54) is 0 Å². The number of carboxylic acid groups (broad SMARTS) is 1. The minimum absolute atomic E-state index is 0.0603. The fraction of sp³-hybridized carbons (Fsp3) is 0.625. The van der Waals surface area contributed by atoms with E-state index < -0.39 is 24.1 Å². The van der Waals surface area contributed by atoms with E-state index >= 15 is 0 Å². The SMILES string of the molecule is CCC(NC(=O)NCCOC(N)=O)C(=O)O. The smallest absolute Gasteiger partial charge is 0.404 e. The topological polar surface area (TPSA) is 131 Å². The summed E-state index contributed by atoms with van der Waals surface area (Å²) in [5, 5.41) is 13.2. The summed E-state index contributed by atoms with van der Waals surface area (Å²) < 4.78 is 4.35. The van der Waals surface area contributed by atoms with Crippen LogP contribution in [0, 0.1) is 0 Å². The summed E-state index contributed by atoms with van der Waals surface area (Å²) in [5.74, 6) is -1.11. The van der Waals surface area contributed by atoms with Gasteiger partial charge in [0, 0.05) is 0 Å². The van der Waals surface area contributed by atoms with Gasteiger partial charge in [-0.25, -0.2) is 14.4 Å². The van der Waals surface area contributed by atoms with Crippen LogP contribution in [0.15, 0.2) is 0 Å². The molecule has 3 amide bonds. The number of amides is 3. The maximum atomic E-state index is 11.1. The lowest BCUT2D eigenvalue weighted by atomic mass is 10.2. The van der Waals surface area contributed by atoms with Crippen LogP contribution >= 0.6 is 0 Å². The largest absolute Gasteiger partial charge is 0.480 e. The zero-order valence-corrected chi connectivity index (χ0v) is 8.86. The van der Waals surface area contributed by atoms with Crippen LogP contribution < -0.4 is 16.4 Å². The van der Waals surface area contributed by atoms with Gasteiger partial charge in [-0.1, -0.05) is 6.92 Å². The summed E-state index contributed by atoms with van der Waals surface area (Å²) in [6.45, 7) is 1.63. The Balaban J connectivity index is 3.73. The molecular formula is C8H15N3O5. The number of nitrogens with two attached hydrogens (primary N) is 1. The first-order valence-electron chi connectivity index (χ1n) is 4.66. The highest BCUT2D eigenvalue weighted by Gasteiger charge is 2.16. The molecular weight excluding hydrogens is 218 g/mol. The number of aliphatic carboxylic acids is 1. The van der Waals surface area contributed by atoms with E-state index in [-0.39, 0.29) is 19.6 Å². The molecule has 0 heterocycles. The third-order valence-corrected chi connectivity index (χ3v) is 1.64. The highest BCUT2D eigenvalue weighted by atomic mass is 16.5. The molecule has 1 unspecified atom stereocenters. The van der Waals surface area contributed by atoms with Gasteiger partial charge < -0.3 is 26.2 Å². The number of carbonyl (C=O) groups excluding carboxylic acids is 2. The summed E-state index contributed by atoms with van der Waals surface area (Å²) in [6.07, 6.45) is -0.653. The van der Waals surface area contributed by atoms with Crippen molar-refractivity contribution in [2.75, 3.05) is 13.2 Å². The Morgan fingerprint density at radius 3 is 2.50 bits per heavy atom. The molecule has 0 bridgehead atoms. The third kappa shape index (κ3) is 6.46. The number of hydrogen-bond acceptors (Lipinski definition) is 4. The Labute approximate surface area is 92.1 Å². The number of rotatable bonds is 6. The predicted molar refractivity (Wildman–Crippen MR) is 53.8 cm³/mol. The number of urea groups is 1. The molecule has 0 radical (unpaired) electrons. The Hall–Kier alpha value is -1.99. The molecule has 8 nitrogen and oxygen atoms in total. The fourth-order valence-corrected chi connectivity index (χ4v) is 0.864. The van der Waals surface area contributed by atoms with Gasteiger partial charge >= 0.3 is 18.1 Å². The second-order valence-electron chi connectivity index (χ2n) is 2.87. The van der Waals surface area contributed by atoms with Gasteiger partial charge in [0.1, 0.15) is 12.6 Å². The second kappa shape index (κ2) is 7.32. The van der Waals surface area contributed by atoms with Gasteiger partial charge in [0.05, 0.1) is 6.54 Å². The standard InChI is InChI=1S/C8H15N3O5/c1-2-5(6(12)13)11-8(15)10-3-4-16-7(9)14/h5H,2-4H2,1H3,(H2,9,14)(H,12,13)(H2,10,11,15). The lowest BCUT2D eigenvalue weighted by Gasteiger charge is -2.12. The number of carbonyl (C=O) groups is 3. The molecule has 92 valence electrons. The maximum Gasteiger partial charge on any atom is 0.404 e. The normalized spacial score (nSPS) is 11.3. The summed E-state index contributed by atoms with van der Waals surface area (Å²) in [7, 11) is 0. The van der Waals surface area contributed by atoms with Gasteiger partial charge in [0.2, 0.25) is 0 Å². The first kappa shape index (κ1) is 14.0. The van der Waals surface area contributed by atoms with Crippen molar-refractivity contribution in [2.24, 2.45) is 5.73 Å². The third-order valence-electron chi connectivity index (χ3n) is 1.64. The first-order chi connectivity index (χ1) is 7.47. The average Bonchev–Trinajstić information content (AvgIpc) is 2.20. The van der Waals surface area contributed by atoms with E-state index in [1.54, 1.807) is 6.92 Å². The molecule has 0 aliphatic carbocycles. The zero-order chi connectivity index (χ0) is 12.6. The van der Waals surface area contributed by atoms with E-state index in [1.807, 2.05) is 0 Å². The van der Waals surface area contributed by atoms with Gasteiger partial charge in [-0.15, -0.1) is 0 Å². The number of nitrogens with one attached hydrogen (secondary N) is 2. The Morgan fingerprint density at radius 2 is 2.06 bits per heavy atom. The highest BCUT2D eigenvalue weighted by molar-refractivity contribution is 5.82. The average molecular weight is 233 g/mol. The van der Waals surface area contributed by atoms with Crippen LogP contribution in [0.2, 0.25) is 0 Å². The molecule has 5 N–H and O–H groups in total. The number of primary amides is 1. The second-order valence-corrected chi connectivity index (χ2v) is 2.87. The van der Waals surface area contributed by atoms with Gasteiger partial charge in [0.25, 0.3) is 0 Å². The molecule has 0 aromatic heterocycles. The van der Waals surface area contributed by atoms with Crippen molar-refractivity contribution in [2.45, 2.75) is 19.4 Å². The van der Waals surface area contributed by atoms with Crippen molar-refractivity contribution < 1.29 is 24.2 Å². The van der Waals surface area contributed by atoms with Crippen molar-refractivity contribution in [3.63, 3.8) is 0 Å². The van der Waals surface area contributed by atoms with Crippen molar-refractivity contribution >= 4 is 18.1 Å². The zero-order valence-electron chi connectivity index (χ0n) is 8.86. The molecule has 0 spiro atoms. The van der Waals surface area contributed by atoms with Gasteiger partial charge in [0.15, 0.2) is 0 Å². The van der Waals surface area contributed by atoms with Crippen LogP contribution in [0.1, 0.15) is 13.3 Å². The van der Waals surface area contributed by atoms with Crippen LogP contribution in [0.5, 0.6) is 0 Å². The van der Waals surface area contributed by atoms with Crippen LogP contribution in [0.25, 0.3) is 0 Å². The molecule has 0 saturated carbocycles. The van der Waals surface area contributed by atoms with Crippen molar-refractivity contribution in [3.05, 3.63) is 0 Å². The van der Waals surface area contributed by atoms with Crippen molar-refractivity contribution in [1.29, 1.82) is 0 Å². The molecule has 0 saturated heterocycles. The van der Waals surface area contributed by atoms with Gasteiger partial charge in [-0.3, -0.25) is 0 Å². The molecule has 16 heavy (non-hydrogen) atoms. The Bertz CT molecular complexity index is 268. The van der Waals surface area contributed by atoms with Crippen LogP contribution in [0.3, 0.4) is 0 Å². The summed E-state index contributed by atoms with van der Waals surface area (Å²) in [4.78, 5) is 31.8. The maximum absolute atomic E-state index is 11.1. The number of hydrogen-bond donors (Lipinski definition) is 4. The van der Waals surface area contributed by atoms with Crippen molar-refractivity contribution in [1.82, 2.24) is 10.6 Å². The molecule has 0 rings (SSSR count). The summed E-state index contributed by atoms with van der Waals surface area (Å²) in [5.41, 5.74) is 4.68. The molecule has 0 aliphatic heterocycles. The fourth-order valence-electron chi connectivity index (χ4n) is 0.864. The predicted octanol–water partition coefficient (Wildman–Crippen LogP) is -0.756. The number of ether oxygens (including phenoxy) is 1. The van der Waals surface area contributed by atoms with Crippen molar-refractivity contribution in [3.8, 4) is 0 Å². The van der Waals surface area contributed by atoms with Gasteiger partial charge in [-0.05, 0) is 6.42 Å². The Morgan fingerprint density at radius 1 is 1.44 bits per heavy atom. The van der Waals surface area contributed by atoms with E-state index in [2.05, 4.69) is 21.1 Å². The lowest BCUT2D eigenvalue weighted by molar-refractivity contribution is -0.139. The molecule has 0 aromatic carbocycles. The highest BCUT2D eigenvalue weighted by Crippen LogP contribution is 1.89. The van der Waals surface area contributed by atoms with Crippen LogP contribution in [-0.2, 0) is 9.53 Å². The Kier molecular flexibility index (Phi) is 6.41. The first-order valence-corrected chi connectivity index (χ1v) is 4.66. The molecule has 1 atom stereocenters. The number of carboxylic acids is 1. The van der Waals surface area contributed by atoms with Crippen LogP contribution in [0.4, 0.5) is 9.59 Å². The quantitative estimate of drug-likeness (QED) is 0.448. The van der Waals surface area contributed by atoms with E-state index in [0.29, 0.717) is 0 Å². The molecule has 8 heteroatoms. The summed E-state index contributed by atoms with van der Waals surface area (Å²) in [6, 6.07) is -1.57. The molecule has 0 aliphatic rings. The lowest BCUT2D eigenvalue weighted by Crippen LogP contribution is -2.46. The van der Waals surface area contributed by atoms with E-state index in [4.69, 9.17) is 5.11 Å². The monoisotopic (exact) mass is 233 g/mol. The minimum Gasteiger partial charge on any atom is -0.480 e. The van der Waals surface area contributed by atoms with Gasteiger partial charge in [-0.2, -0.15) is 0 Å². The van der Waals surface area contributed by atoms with E-state index in [9.17, 15) is 14.4 Å². The summed E-state index contributed by atoms with van der Waals surface area (Å²) >= 11 is 0. The van der Waals surface area contributed by atoms with E-state index in [0.717, 1.165) is 0 Å².